The number of Topliss-reactive ketones (excluding diaryl/α,β-unsaturated/α-hetero) is 1. The normalized spacial score (nSPS) is 28.6. The summed E-state index contributed by atoms with van der Waals surface area (Å²) in [4.78, 5) is 12.8. The van der Waals surface area contributed by atoms with E-state index in [1.54, 1.807) is 24.3 Å². The number of fused-ring (bicyclic) bond motifs is 1. The highest BCUT2D eigenvalue weighted by Crippen LogP contribution is 2.48. The second-order valence-corrected chi connectivity index (χ2v) is 7.95. The summed E-state index contributed by atoms with van der Waals surface area (Å²) in [6.07, 6.45) is -7.63. The molecule has 2 heterocycles. The standard InChI is InChI=1S/C23H26O11/c1-30-15-8-14-17(19(27)22(15)31-2)12(25)7-13(33-14)10-3-5-11(6-4-10)32-23-21(29)20(28)18(26)16(9-24)34-23/h3-6,8,13,16,18,20-21,23-24,26-29H,7,9H2,1-2H3/t13?,16-,18-,20+,21-,23+/m1/s1. The van der Waals surface area contributed by atoms with E-state index in [-0.39, 0.29) is 46.5 Å². The van der Waals surface area contributed by atoms with Gasteiger partial charge >= 0.3 is 0 Å². The van der Waals surface area contributed by atoms with Gasteiger partial charge in [-0.15, -0.1) is 0 Å². The number of ether oxygens (including phenoxy) is 5. The minimum atomic E-state index is -1.55. The Balaban J connectivity index is 1.51. The molecule has 1 unspecified atom stereocenters. The summed E-state index contributed by atoms with van der Waals surface area (Å²) in [5.41, 5.74) is 0.672. The number of aliphatic hydroxyl groups excluding tert-OH is 4. The first kappa shape index (κ1) is 24.0. The van der Waals surface area contributed by atoms with E-state index in [1.165, 1.54) is 20.3 Å². The number of benzene rings is 2. The average Bonchev–Trinajstić information content (AvgIpc) is 2.84. The molecule has 34 heavy (non-hydrogen) atoms. The lowest BCUT2D eigenvalue weighted by molar-refractivity contribution is -0.277. The first-order chi connectivity index (χ1) is 16.3. The van der Waals surface area contributed by atoms with Crippen LogP contribution in [-0.2, 0) is 4.74 Å². The minimum Gasteiger partial charge on any atom is -0.504 e. The molecule has 2 aromatic carbocycles. The maximum absolute atomic E-state index is 12.8. The fraction of sp³-hybridized carbons (Fsp3) is 0.435. The first-order valence-electron chi connectivity index (χ1n) is 10.5. The summed E-state index contributed by atoms with van der Waals surface area (Å²) in [5, 5.41) is 49.6. The Kier molecular flexibility index (Phi) is 6.82. The van der Waals surface area contributed by atoms with E-state index in [2.05, 4.69) is 0 Å². The summed E-state index contributed by atoms with van der Waals surface area (Å²) >= 11 is 0. The van der Waals surface area contributed by atoms with Crippen LogP contribution in [0.4, 0.5) is 0 Å². The zero-order chi connectivity index (χ0) is 24.6. The van der Waals surface area contributed by atoms with Gasteiger partial charge in [-0.05, 0) is 17.7 Å². The highest BCUT2D eigenvalue weighted by molar-refractivity contribution is 6.03. The first-order valence-corrected chi connectivity index (χ1v) is 10.5. The number of carbonyl (C=O) groups excluding carboxylic acids is 1. The predicted molar refractivity (Wildman–Crippen MR) is 114 cm³/mol. The lowest BCUT2D eigenvalue weighted by Crippen LogP contribution is -2.60. The number of phenols is 1. The van der Waals surface area contributed by atoms with Crippen molar-refractivity contribution >= 4 is 5.78 Å². The highest BCUT2D eigenvalue weighted by Gasteiger charge is 2.44. The second kappa shape index (κ2) is 9.65. The number of aliphatic hydroxyl groups is 4. The molecule has 0 aromatic heterocycles. The maximum atomic E-state index is 12.8. The number of rotatable bonds is 6. The number of ketones is 1. The summed E-state index contributed by atoms with van der Waals surface area (Å²) in [6.45, 7) is -0.565. The van der Waals surface area contributed by atoms with Crippen molar-refractivity contribution in [3.05, 3.63) is 41.5 Å². The topological polar surface area (TPSA) is 164 Å². The molecule has 2 aromatic rings. The smallest absolute Gasteiger partial charge is 0.229 e. The molecule has 5 N–H and O–H groups in total. The fourth-order valence-electron chi connectivity index (χ4n) is 4.03. The third kappa shape index (κ3) is 4.24. The molecule has 4 rings (SSSR count). The van der Waals surface area contributed by atoms with E-state index in [1.807, 2.05) is 0 Å². The van der Waals surface area contributed by atoms with Crippen LogP contribution in [0.3, 0.4) is 0 Å². The van der Waals surface area contributed by atoms with Crippen LogP contribution >= 0.6 is 0 Å². The number of phenolic OH excluding ortho intramolecular Hbond substituents is 1. The van der Waals surface area contributed by atoms with Gasteiger partial charge in [0, 0.05) is 6.07 Å². The minimum absolute atomic E-state index is 0.0245. The average molecular weight is 478 g/mol. The predicted octanol–water partition coefficient (Wildman–Crippen LogP) is 0.295. The van der Waals surface area contributed by atoms with Crippen molar-refractivity contribution in [1.82, 2.24) is 0 Å². The van der Waals surface area contributed by atoms with Crippen LogP contribution in [0, 0.1) is 0 Å². The van der Waals surface area contributed by atoms with Crippen molar-refractivity contribution in [3.8, 4) is 28.7 Å². The zero-order valence-electron chi connectivity index (χ0n) is 18.5. The summed E-state index contributed by atoms with van der Waals surface area (Å²) in [5.74, 6) is 0.0365. The Morgan fingerprint density at radius 2 is 1.74 bits per heavy atom. The van der Waals surface area contributed by atoms with E-state index >= 15 is 0 Å². The van der Waals surface area contributed by atoms with E-state index in [0.717, 1.165) is 0 Å². The van der Waals surface area contributed by atoms with Crippen LogP contribution < -0.4 is 18.9 Å². The molecule has 0 radical (unpaired) electrons. The van der Waals surface area contributed by atoms with Crippen molar-refractivity contribution in [2.75, 3.05) is 20.8 Å². The molecule has 6 atom stereocenters. The SMILES string of the molecule is COc1cc2c(c(O)c1OC)C(=O)CC(c1ccc(O[C@H]3O[C@H](CO)[C@@H](O)[C@H](O)[C@H]3O)cc1)O2. The van der Waals surface area contributed by atoms with Crippen molar-refractivity contribution < 1.29 is 54.0 Å². The van der Waals surface area contributed by atoms with Gasteiger partial charge in [0.25, 0.3) is 0 Å². The maximum Gasteiger partial charge on any atom is 0.229 e. The number of methoxy groups -OCH3 is 2. The van der Waals surface area contributed by atoms with Crippen LogP contribution in [0.2, 0.25) is 0 Å². The number of carbonyl (C=O) groups is 1. The van der Waals surface area contributed by atoms with Crippen molar-refractivity contribution in [3.63, 3.8) is 0 Å². The Morgan fingerprint density at radius 1 is 1.03 bits per heavy atom. The van der Waals surface area contributed by atoms with E-state index in [0.29, 0.717) is 5.56 Å². The Morgan fingerprint density at radius 3 is 2.35 bits per heavy atom. The third-order valence-corrected chi connectivity index (χ3v) is 5.88. The van der Waals surface area contributed by atoms with Crippen LogP contribution in [0.1, 0.15) is 28.4 Å². The van der Waals surface area contributed by atoms with Crippen molar-refractivity contribution in [1.29, 1.82) is 0 Å². The molecular formula is C23H26O11. The van der Waals surface area contributed by atoms with E-state index < -0.39 is 43.4 Å². The van der Waals surface area contributed by atoms with Crippen molar-refractivity contribution in [2.24, 2.45) is 0 Å². The molecule has 0 saturated carbocycles. The molecule has 184 valence electrons. The van der Waals surface area contributed by atoms with Gasteiger partial charge in [0.1, 0.15) is 47.6 Å². The van der Waals surface area contributed by atoms with Gasteiger partial charge in [-0.1, -0.05) is 12.1 Å². The largest absolute Gasteiger partial charge is 0.504 e. The van der Waals surface area contributed by atoms with Crippen LogP contribution in [-0.4, -0.2) is 82.8 Å². The fourth-order valence-corrected chi connectivity index (χ4v) is 4.03. The van der Waals surface area contributed by atoms with Gasteiger partial charge in [-0.2, -0.15) is 0 Å². The van der Waals surface area contributed by atoms with Gasteiger partial charge in [0.2, 0.25) is 12.0 Å². The van der Waals surface area contributed by atoms with Crippen LogP contribution in [0.15, 0.2) is 30.3 Å². The van der Waals surface area contributed by atoms with E-state index in [9.17, 15) is 30.3 Å². The molecule has 2 aliphatic heterocycles. The second-order valence-electron chi connectivity index (χ2n) is 7.95. The monoisotopic (exact) mass is 478 g/mol. The molecule has 0 aliphatic carbocycles. The lowest BCUT2D eigenvalue weighted by atomic mass is 9.95. The van der Waals surface area contributed by atoms with Gasteiger partial charge in [-0.3, -0.25) is 4.79 Å². The molecule has 0 spiro atoms. The molecule has 1 fully saturated rings. The number of hydrogen-bond acceptors (Lipinski definition) is 11. The molecular weight excluding hydrogens is 452 g/mol. The van der Waals surface area contributed by atoms with Crippen molar-refractivity contribution in [2.45, 2.75) is 43.2 Å². The summed E-state index contributed by atoms with van der Waals surface area (Å²) in [6, 6.07) is 7.92. The molecule has 11 heteroatoms. The quantitative estimate of drug-likeness (QED) is 0.388. The van der Waals surface area contributed by atoms with Gasteiger partial charge in [0.15, 0.2) is 17.3 Å². The Bertz CT molecular complexity index is 1040. The zero-order valence-corrected chi connectivity index (χ0v) is 18.5. The van der Waals surface area contributed by atoms with Gasteiger partial charge in [-0.25, -0.2) is 0 Å². The number of aromatic hydroxyl groups is 1. The third-order valence-electron chi connectivity index (χ3n) is 5.88. The molecule has 0 amide bonds. The van der Waals surface area contributed by atoms with E-state index in [4.69, 9.17) is 23.7 Å². The Labute approximate surface area is 194 Å². The molecule has 0 bridgehead atoms. The molecule has 11 nitrogen and oxygen atoms in total. The summed E-state index contributed by atoms with van der Waals surface area (Å²) in [7, 11) is 2.76. The van der Waals surface area contributed by atoms with Gasteiger partial charge in [0.05, 0.1) is 27.2 Å². The molecule has 1 saturated heterocycles. The highest BCUT2D eigenvalue weighted by atomic mass is 16.7. The van der Waals surface area contributed by atoms with Gasteiger partial charge < -0.3 is 49.2 Å². The Hall–Kier alpha value is -3.09. The van der Waals surface area contributed by atoms with Crippen LogP contribution in [0.5, 0.6) is 28.7 Å². The number of hydrogen-bond donors (Lipinski definition) is 5. The molecule has 2 aliphatic rings. The summed E-state index contributed by atoms with van der Waals surface area (Å²) < 4.78 is 27.2. The van der Waals surface area contributed by atoms with Crippen LogP contribution in [0.25, 0.3) is 0 Å². The lowest BCUT2D eigenvalue weighted by Gasteiger charge is -2.39.